The molecule has 0 N–H and O–H groups in total. The summed E-state index contributed by atoms with van der Waals surface area (Å²) in [4.78, 5) is 2.50. The fraction of sp³-hybridized carbons (Fsp3) is 0.122. The molecule has 2 aromatic heterocycles. The Hall–Kier alpha value is -4.86. The third-order valence-corrected chi connectivity index (χ3v) is 10.9. The fourth-order valence-electron chi connectivity index (χ4n) is 7.62. The summed E-state index contributed by atoms with van der Waals surface area (Å²) in [7, 11) is 0. The van der Waals surface area contributed by atoms with Crippen molar-refractivity contribution in [2.24, 2.45) is 0 Å². The zero-order valence-electron chi connectivity index (χ0n) is 24.9. The van der Waals surface area contributed by atoms with E-state index in [4.69, 9.17) is 0 Å². The maximum Gasteiger partial charge on any atom is 0.103 e. The summed E-state index contributed by atoms with van der Waals surface area (Å²) < 4.78 is 3.73. The molecule has 7 aromatic rings. The van der Waals surface area contributed by atoms with E-state index in [1.165, 1.54) is 70.7 Å². The predicted molar refractivity (Wildman–Crippen MR) is 189 cm³/mol. The molecule has 0 aliphatic heterocycles. The zero-order chi connectivity index (χ0) is 29.4. The van der Waals surface area contributed by atoms with Gasteiger partial charge in [0.15, 0.2) is 0 Å². The van der Waals surface area contributed by atoms with Crippen LogP contribution in [0, 0.1) is 0 Å². The first-order valence-corrected chi connectivity index (χ1v) is 16.3. The predicted octanol–water partition coefficient (Wildman–Crippen LogP) is 11.9. The van der Waals surface area contributed by atoms with Crippen LogP contribution in [0.15, 0.2) is 139 Å². The largest absolute Gasteiger partial charge is 0.308 e. The molecular formula is C41H32N2S. The molecule has 44 heavy (non-hydrogen) atoms. The SMILES string of the molecule is CC1(C)C2=C(C=CCC2)c2ccc(N(c3cc4c(s3)c3ccccc3n4-c3ccccc3)c3cccc4ccccc34)cc21. The Morgan fingerprint density at radius 3 is 2.39 bits per heavy atom. The highest BCUT2D eigenvalue weighted by Gasteiger charge is 2.38. The van der Waals surface area contributed by atoms with Crippen LogP contribution in [0.3, 0.4) is 0 Å². The van der Waals surface area contributed by atoms with Gasteiger partial charge in [0.05, 0.1) is 21.4 Å². The minimum Gasteiger partial charge on any atom is -0.308 e. The molecule has 212 valence electrons. The number of hydrogen-bond acceptors (Lipinski definition) is 2. The van der Waals surface area contributed by atoms with Crippen LogP contribution in [0.4, 0.5) is 16.4 Å². The molecule has 0 unspecified atom stereocenters. The van der Waals surface area contributed by atoms with Gasteiger partial charge in [-0.1, -0.05) is 110 Å². The fourth-order valence-corrected chi connectivity index (χ4v) is 8.84. The summed E-state index contributed by atoms with van der Waals surface area (Å²) in [5, 5.41) is 5.01. The quantitative estimate of drug-likeness (QED) is 0.200. The van der Waals surface area contributed by atoms with Crippen molar-refractivity contribution < 1.29 is 0 Å². The van der Waals surface area contributed by atoms with E-state index in [1.807, 2.05) is 11.3 Å². The number of thiophene rings is 1. The second kappa shape index (κ2) is 9.57. The molecule has 0 amide bonds. The topological polar surface area (TPSA) is 8.17 Å². The number of benzene rings is 5. The van der Waals surface area contributed by atoms with Crippen LogP contribution in [0.2, 0.25) is 0 Å². The zero-order valence-corrected chi connectivity index (χ0v) is 25.7. The lowest BCUT2D eigenvalue weighted by Crippen LogP contribution is -2.18. The highest BCUT2D eigenvalue weighted by Crippen LogP contribution is 2.53. The van der Waals surface area contributed by atoms with Gasteiger partial charge in [0, 0.05) is 27.6 Å². The molecule has 0 bridgehead atoms. The molecule has 0 fully saturated rings. The maximum atomic E-state index is 2.50. The molecule has 3 heteroatoms. The van der Waals surface area contributed by atoms with Crippen LogP contribution in [-0.2, 0) is 5.41 Å². The van der Waals surface area contributed by atoms with Gasteiger partial charge in [-0.2, -0.15) is 0 Å². The Balaban J connectivity index is 1.31. The summed E-state index contributed by atoms with van der Waals surface area (Å²) in [5.41, 5.74) is 11.9. The van der Waals surface area contributed by atoms with Gasteiger partial charge in [0.2, 0.25) is 0 Å². The first-order valence-electron chi connectivity index (χ1n) is 15.5. The van der Waals surface area contributed by atoms with Crippen molar-refractivity contribution in [3.05, 3.63) is 150 Å². The summed E-state index contributed by atoms with van der Waals surface area (Å²) in [6.07, 6.45) is 6.96. The summed E-state index contributed by atoms with van der Waals surface area (Å²) in [5.74, 6) is 0. The van der Waals surface area contributed by atoms with Crippen molar-refractivity contribution in [3.63, 3.8) is 0 Å². The van der Waals surface area contributed by atoms with Gasteiger partial charge in [-0.25, -0.2) is 0 Å². The Morgan fingerprint density at radius 1 is 0.727 bits per heavy atom. The van der Waals surface area contributed by atoms with E-state index >= 15 is 0 Å². The minimum absolute atomic E-state index is 0.0100. The number of nitrogens with zero attached hydrogens (tertiary/aromatic N) is 2. The molecule has 0 saturated carbocycles. The van der Waals surface area contributed by atoms with E-state index in [2.05, 4.69) is 157 Å². The number of allylic oxidation sites excluding steroid dienone is 4. The monoisotopic (exact) mass is 584 g/mol. The minimum atomic E-state index is 0.0100. The van der Waals surface area contributed by atoms with Gasteiger partial charge < -0.3 is 9.47 Å². The smallest absolute Gasteiger partial charge is 0.103 e. The molecule has 0 spiro atoms. The standard InChI is InChI=1S/C41H32N2S/c1-41(2)34-20-10-8-18-31(34)32-24-23-29(25-35(32)41)43(36-22-12-14-27-13-6-7-17-30(27)36)39-26-38-40(44-39)33-19-9-11-21-37(33)42(38)28-15-4-3-5-16-28/h3-9,11-19,21-26H,10,20H2,1-2H3. The average molecular weight is 585 g/mol. The molecular weight excluding hydrogens is 553 g/mol. The lowest BCUT2D eigenvalue weighted by atomic mass is 9.78. The number of hydrogen-bond donors (Lipinski definition) is 0. The van der Waals surface area contributed by atoms with E-state index in [-0.39, 0.29) is 5.41 Å². The van der Waals surface area contributed by atoms with Crippen LogP contribution >= 0.6 is 11.3 Å². The third-order valence-electron chi connectivity index (χ3n) is 9.72. The molecule has 0 radical (unpaired) electrons. The Kier molecular flexibility index (Phi) is 5.57. The van der Waals surface area contributed by atoms with Gasteiger partial charge in [0.1, 0.15) is 5.00 Å². The number of para-hydroxylation sites is 2. The number of anilines is 3. The number of aromatic nitrogens is 1. The lowest BCUT2D eigenvalue weighted by molar-refractivity contribution is 0.607. The summed E-state index contributed by atoms with van der Waals surface area (Å²) in [6.45, 7) is 4.82. The molecule has 2 nitrogen and oxygen atoms in total. The van der Waals surface area contributed by atoms with Crippen LogP contribution in [0.1, 0.15) is 37.8 Å². The van der Waals surface area contributed by atoms with E-state index in [0.29, 0.717) is 0 Å². The lowest BCUT2D eigenvalue weighted by Gasteiger charge is -2.29. The van der Waals surface area contributed by atoms with Crippen LogP contribution in [0.5, 0.6) is 0 Å². The van der Waals surface area contributed by atoms with Gasteiger partial charge in [-0.3, -0.25) is 0 Å². The van der Waals surface area contributed by atoms with Crippen molar-refractivity contribution in [2.75, 3.05) is 4.90 Å². The Morgan fingerprint density at radius 2 is 1.50 bits per heavy atom. The van der Waals surface area contributed by atoms with E-state index in [9.17, 15) is 0 Å². The summed E-state index contributed by atoms with van der Waals surface area (Å²) >= 11 is 1.89. The van der Waals surface area contributed by atoms with Crippen molar-refractivity contribution in [3.8, 4) is 5.69 Å². The normalized spacial score (nSPS) is 15.3. The summed E-state index contributed by atoms with van der Waals surface area (Å²) in [6, 6.07) is 44.6. The molecule has 0 saturated heterocycles. The van der Waals surface area contributed by atoms with E-state index in [1.54, 1.807) is 5.57 Å². The van der Waals surface area contributed by atoms with Crippen LogP contribution in [0.25, 0.3) is 43.2 Å². The van der Waals surface area contributed by atoms with Crippen molar-refractivity contribution in [2.45, 2.75) is 32.1 Å². The maximum absolute atomic E-state index is 2.50. The third kappa shape index (κ3) is 3.66. The Bertz CT molecular complexity index is 2310. The Labute approximate surface area is 261 Å². The second-order valence-corrected chi connectivity index (χ2v) is 13.5. The van der Waals surface area contributed by atoms with Crippen molar-refractivity contribution in [1.29, 1.82) is 0 Å². The first-order chi connectivity index (χ1) is 21.6. The molecule has 2 aliphatic carbocycles. The molecule has 5 aromatic carbocycles. The van der Waals surface area contributed by atoms with Crippen LogP contribution < -0.4 is 4.90 Å². The van der Waals surface area contributed by atoms with Crippen molar-refractivity contribution >= 4 is 65.2 Å². The van der Waals surface area contributed by atoms with Gasteiger partial charge in [-0.15, -0.1) is 11.3 Å². The van der Waals surface area contributed by atoms with Gasteiger partial charge >= 0.3 is 0 Å². The molecule has 2 aliphatic rings. The van der Waals surface area contributed by atoms with E-state index in [0.717, 1.165) is 12.8 Å². The number of rotatable bonds is 4. The highest BCUT2D eigenvalue weighted by molar-refractivity contribution is 7.24. The van der Waals surface area contributed by atoms with E-state index < -0.39 is 0 Å². The highest BCUT2D eigenvalue weighted by atomic mass is 32.1. The van der Waals surface area contributed by atoms with Gasteiger partial charge in [0.25, 0.3) is 0 Å². The van der Waals surface area contributed by atoms with Crippen molar-refractivity contribution in [1.82, 2.24) is 4.57 Å². The molecule has 0 atom stereocenters. The molecule has 2 heterocycles. The van der Waals surface area contributed by atoms with Crippen LogP contribution in [-0.4, -0.2) is 4.57 Å². The van der Waals surface area contributed by atoms with Gasteiger partial charge in [-0.05, 0) is 77.4 Å². The number of fused-ring (bicyclic) bond motifs is 6. The second-order valence-electron chi connectivity index (χ2n) is 12.5. The first kappa shape index (κ1) is 25.6. The molecule has 9 rings (SSSR count). The average Bonchev–Trinajstić information content (AvgIpc) is 3.69.